The van der Waals surface area contributed by atoms with E-state index in [1.165, 1.54) is 23.0 Å². The van der Waals surface area contributed by atoms with Gasteiger partial charge in [-0.25, -0.2) is 18.4 Å². The summed E-state index contributed by atoms with van der Waals surface area (Å²) >= 11 is 1.23. The lowest BCUT2D eigenvalue weighted by Gasteiger charge is -2.26. The molecule has 51 heavy (non-hydrogen) atoms. The maximum Gasteiger partial charge on any atom is 0.325 e. The molecule has 3 aromatic rings. The number of nitrogens with zero attached hydrogens (tertiary/aromatic N) is 3. The Hall–Kier alpha value is -4.59. The van der Waals surface area contributed by atoms with Gasteiger partial charge in [0.25, 0.3) is 5.91 Å². The van der Waals surface area contributed by atoms with Crippen LogP contribution >= 0.6 is 11.8 Å². The van der Waals surface area contributed by atoms with Gasteiger partial charge < -0.3 is 15.7 Å². The molecule has 1 aliphatic heterocycles. The molecule has 3 N–H and O–H groups in total. The van der Waals surface area contributed by atoms with Crippen LogP contribution in [0.3, 0.4) is 0 Å². The van der Waals surface area contributed by atoms with Crippen LogP contribution in [0.25, 0.3) is 17.0 Å². The molecule has 4 rings (SSSR count). The van der Waals surface area contributed by atoms with E-state index in [0.29, 0.717) is 18.8 Å². The monoisotopic (exact) mass is 731 g/mol. The summed E-state index contributed by atoms with van der Waals surface area (Å²) in [5, 5.41) is 14.5. The van der Waals surface area contributed by atoms with Gasteiger partial charge in [-0.05, 0) is 60.8 Å². The predicted octanol–water partition coefficient (Wildman–Crippen LogP) is 5.74. The van der Waals surface area contributed by atoms with Crippen molar-refractivity contribution in [1.29, 1.82) is 0 Å². The fourth-order valence-corrected chi connectivity index (χ4v) is 7.53. The van der Waals surface area contributed by atoms with Crippen molar-refractivity contribution in [2.75, 3.05) is 13.1 Å². The van der Waals surface area contributed by atoms with E-state index in [2.05, 4.69) is 27.2 Å². The lowest BCUT2D eigenvalue weighted by molar-refractivity contribution is -0.141. The number of sulfonamides is 1. The average Bonchev–Trinajstić information content (AvgIpc) is 3.10. The highest BCUT2D eigenvalue weighted by Gasteiger charge is 2.28. The molecule has 1 aromatic heterocycles. The molecule has 270 valence electrons. The molecule has 0 fully saturated rings. The zero-order chi connectivity index (χ0) is 37.5. The Morgan fingerprint density at radius 1 is 1.02 bits per heavy atom. The molecule has 2 amide bonds. The summed E-state index contributed by atoms with van der Waals surface area (Å²) in [6.07, 6.45) is 7.87. The quantitative estimate of drug-likeness (QED) is 0.186. The van der Waals surface area contributed by atoms with Crippen LogP contribution in [-0.2, 0) is 30.8 Å². The molecule has 13 heteroatoms. The largest absolute Gasteiger partial charge is 0.480 e. The van der Waals surface area contributed by atoms with Gasteiger partial charge in [-0.2, -0.15) is 4.31 Å². The number of aromatic nitrogens is 2. The fraction of sp³-hybridized carbons (Fsp3) is 0.342. The predicted molar refractivity (Wildman–Crippen MR) is 201 cm³/mol. The summed E-state index contributed by atoms with van der Waals surface area (Å²) < 4.78 is 27.6. The van der Waals surface area contributed by atoms with Gasteiger partial charge in [-0.15, -0.1) is 0 Å². The molecular formula is C38H45N5O6S2. The van der Waals surface area contributed by atoms with E-state index >= 15 is 0 Å². The van der Waals surface area contributed by atoms with E-state index in [0.717, 1.165) is 32.7 Å². The van der Waals surface area contributed by atoms with Crippen LogP contribution in [-0.4, -0.2) is 70.8 Å². The number of nitrogens with one attached hydrogen (secondary N) is 2. The number of carbonyl (C=O) groups excluding carboxylic acids is 2. The lowest BCUT2D eigenvalue weighted by atomic mass is 9.96. The van der Waals surface area contributed by atoms with E-state index in [4.69, 9.17) is 0 Å². The number of allylic oxidation sites excluding steroid dienone is 2. The van der Waals surface area contributed by atoms with Gasteiger partial charge in [0, 0.05) is 43.0 Å². The number of aryl methyl sites for hydroxylation is 1. The second kappa shape index (κ2) is 16.6. The molecule has 2 heterocycles. The van der Waals surface area contributed by atoms with Crippen molar-refractivity contribution < 1.29 is 27.9 Å². The second-order valence-electron chi connectivity index (χ2n) is 13.4. The zero-order valence-corrected chi connectivity index (χ0v) is 31.4. The minimum Gasteiger partial charge on any atom is -0.480 e. The fourth-order valence-electron chi connectivity index (χ4n) is 5.31. The summed E-state index contributed by atoms with van der Waals surface area (Å²) in [5.41, 5.74) is 4.02. The maximum atomic E-state index is 13.2. The minimum absolute atomic E-state index is 0.0997. The molecule has 0 unspecified atom stereocenters. The number of carboxylic acid groups (broad SMARTS) is 1. The van der Waals surface area contributed by atoms with Crippen LogP contribution in [0, 0.1) is 12.3 Å². The lowest BCUT2D eigenvalue weighted by Crippen LogP contribution is -2.51. The van der Waals surface area contributed by atoms with E-state index in [1.807, 2.05) is 58.9 Å². The Labute approximate surface area is 304 Å². The molecule has 0 radical (unpaired) electrons. The third-order valence-corrected chi connectivity index (χ3v) is 11.7. The summed E-state index contributed by atoms with van der Waals surface area (Å²) in [4.78, 5) is 48.3. The van der Waals surface area contributed by atoms with Crippen LogP contribution in [0.15, 0.2) is 94.4 Å². The van der Waals surface area contributed by atoms with Crippen molar-refractivity contribution in [1.82, 2.24) is 24.9 Å². The van der Waals surface area contributed by atoms with Gasteiger partial charge in [0.1, 0.15) is 12.1 Å². The highest BCUT2D eigenvalue weighted by Crippen LogP contribution is 2.38. The minimum atomic E-state index is -3.59. The van der Waals surface area contributed by atoms with Crippen molar-refractivity contribution in [3.05, 3.63) is 106 Å². The molecule has 0 bridgehead atoms. The third-order valence-electron chi connectivity index (χ3n) is 8.34. The van der Waals surface area contributed by atoms with Crippen molar-refractivity contribution in [2.45, 2.75) is 71.4 Å². The average molecular weight is 732 g/mol. The first-order chi connectivity index (χ1) is 24.0. The number of benzene rings is 2. The Bertz CT molecular complexity index is 1930. The number of carboxylic acids is 1. The van der Waals surface area contributed by atoms with Gasteiger partial charge >= 0.3 is 5.97 Å². The first-order valence-electron chi connectivity index (χ1n) is 16.5. The molecule has 11 nitrogen and oxygen atoms in total. The summed E-state index contributed by atoms with van der Waals surface area (Å²) in [6.45, 7) is 15.7. The van der Waals surface area contributed by atoms with Crippen LogP contribution < -0.4 is 10.6 Å². The summed E-state index contributed by atoms with van der Waals surface area (Å²) in [6, 6.07) is 11.8. The van der Waals surface area contributed by atoms with Crippen molar-refractivity contribution in [3.63, 3.8) is 0 Å². The Kier molecular flexibility index (Phi) is 12.8. The molecule has 2 aromatic carbocycles. The van der Waals surface area contributed by atoms with Crippen molar-refractivity contribution >= 4 is 45.1 Å². The first-order valence-corrected chi connectivity index (χ1v) is 18.8. The van der Waals surface area contributed by atoms with Crippen LogP contribution in [0.2, 0.25) is 0 Å². The number of carbonyl (C=O) groups is 3. The first kappa shape index (κ1) is 39.2. The number of rotatable bonds is 13. The topological polar surface area (TPSA) is 159 Å². The third kappa shape index (κ3) is 10.2. The van der Waals surface area contributed by atoms with E-state index in [-0.39, 0.29) is 28.2 Å². The van der Waals surface area contributed by atoms with Crippen LogP contribution in [0.4, 0.5) is 0 Å². The van der Waals surface area contributed by atoms with E-state index in [1.54, 1.807) is 48.8 Å². The van der Waals surface area contributed by atoms with E-state index in [9.17, 15) is 27.9 Å². The molecule has 0 saturated carbocycles. The molecular weight excluding hydrogens is 687 g/mol. The van der Waals surface area contributed by atoms with E-state index < -0.39 is 39.9 Å². The Morgan fingerprint density at radius 2 is 1.65 bits per heavy atom. The molecule has 0 aliphatic carbocycles. The Morgan fingerprint density at radius 3 is 2.18 bits per heavy atom. The maximum absolute atomic E-state index is 13.2. The van der Waals surface area contributed by atoms with Crippen molar-refractivity contribution in [3.8, 4) is 11.4 Å². The normalized spacial score (nSPS) is 15.3. The highest BCUT2D eigenvalue weighted by atomic mass is 32.2. The van der Waals surface area contributed by atoms with Gasteiger partial charge in [0.2, 0.25) is 15.9 Å². The van der Waals surface area contributed by atoms with Crippen LogP contribution in [0.1, 0.15) is 57.7 Å². The number of thioether (sulfide) groups is 1. The number of aliphatic carboxylic acids is 1. The molecule has 2 atom stereocenters. The highest BCUT2D eigenvalue weighted by molar-refractivity contribution is 8.07. The zero-order valence-electron chi connectivity index (χ0n) is 29.8. The molecule has 0 spiro atoms. The summed E-state index contributed by atoms with van der Waals surface area (Å²) in [5.74, 6) is -1.87. The number of amides is 2. The summed E-state index contributed by atoms with van der Waals surface area (Å²) in [7, 11) is -3.59. The van der Waals surface area contributed by atoms with Gasteiger partial charge in [-0.3, -0.25) is 14.4 Å². The van der Waals surface area contributed by atoms with Gasteiger partial charge in [-0.1, -0.05) is 93.2 Å². The van der Waals surface area contributed by atoms with Crippen molar-refractivity contribution in [2.24, 2.45) is 5.41 Å². The number of hydrogen-bond acceptors (Lipinski definition) is 8. The van der Waals surface area contributed by atoms with Crippen LogP contribution in [0.5, 0.6) is 0 Å². The molecule has 1 aliphatic rings. The number of hydrogen-bond donors (Lipinski definition) is 3. The SMILES string of the molecule is C=C(S/C(=C\C)C(C)(C)C)C(=O)N[C@@H](Cc1ccc(-c2ncc(C3=CCN(S(=O)(=O)c4ccc(C)cc4)CC3)cn2)cc1)C(=O)N[C@H](C)C(=O)O. The Balaban J connectivity index is 1.43. The smallest absolute Gasteiger partial charge is 0.325 e. The second-order valence-corrected chi connectivity index (χ2v) is 16.4. The van der Waals surface area contributed by atoms with Gasteiger partial charge in [0.05, 0.1) is 9.80 Å². The standard InChI is InChI=1S/C38H45N5O6S2/c1-8-33(38(5,6)7)50-26(4)35(44)42-32(36(45)41-25(3)37(46)47)21-27-11-13-29(14-12-27)34-39-22-30(23-40-34)28-17-19-43(20-18-28)51(48,49)31-15-9-24(2)10-16-31/h8-17,22-23,25,32H,4,18-21H2,1-3,5-7H3,(H,41,45)(H,42,44)(H,46,47)/b33-8-/t25-,32+/m1/s1. The molecule has 0 saturated heterocycles. The van der Waals surface area contributed by atoms with Gasteiger partial charge in [0.15, 0.2) is 5.82 Å².